The Balaban J connectivity index is 1.83. The summed E-state index contributed by atoms with van der Waals surface area (Å²) in [5.41, 5.74) is 0.186. The van der Waals surface area contributed by atoms with Crippen LogP contribution in [0.15, 0.2) is 24.3 Å². The predicted octanol–water partition coefficient (Wildman–Crippen LogP) is 4.42. The Hall–Kier alpha value is -2.65. The number of hydrogen-bond acceptors (Lipinski definition) is 3. The van der Waals surface area contributed by atoms with Gasteiger partial charge in [-0.1, -0.05) is 0 Å². The van der Waals surface area contributed by atoms with Gasteiger partial charge in [0.25, 0.3) is 0 Å². The summed E-state index contributed by atoms with van der Waals surface area (Å²) in [7, 11) is 0. The summed E-state index contributed by atoms with van der Waals surface area (Å²) in [6.45, 7) is 8.83. The lowest BCUT2D eigenvalue weighted by Crippen LogP contribution is -2.23. The number of fused-ring (bicyclic) bond motifs is 3. The monoisotopic (exact) mass is 343 g/mol. The molecule has 1 N–H and O–H groups in total. The normalized spacial score (nSPS) is 23.6. The van der Waals surface area contributed by atoms with Gasteiger partial charge >= 0.3 is 0 Å². The van der Waals surface area contributed by atoms with Gasteiger partial charge in [0.2, 0.25) is 0 Å². The molecule has 0 amide bonds. The van der Waals surface area contributed by atoms with Crippen LogP contribution in [0.5, 0.6) is 17.2 Å². The van der Waals surface area contributed by atoms with Crippen molar-refractivity contribution in [1.82, 2.24) is 0 Å². The number of alkyl halides is 1. The van der Waals surface area contributed by atoms with E-state index in [-0.39, 0.29) is 17.9 Å². The van der Waals surface area contributed by atoms with Gasteiger partial charge in [-0.2, -0.15) is 0 Å². The van der Waals surface area contributed by atoms with E-state index in [1.165, 1.54) is 13.0 Å². The second-order valence-electron chi connectivity index (χ2n) is 6.56. The third kappa shape index (κ3) is 2.52. The van der Waals surface area contributed by atoms with Crippen LogP contribution in [0.3, 0.4) is 0 Å². The fraction of sp³-hybridized carbons (Fsp3) is 0.316. The number of aliphatic hydroxyl groups excluding tert-OH is 1. The lowest BCUT2D eigenvalue weighted by atomic mass is 9.97. The summed E-state index contributed by atoms with van der Waals surface area (Å²) < 4.78 is 39.7. The molecular weight excluding hydrogens is 328 g/mol. The number of benzene rings is 2. The summed E-state index contributed by atoms with van der Waals surface area (Å²) in [6.07, 6.45) is -0.655. The molecule has 0 radical (unpaired) electrons. The molecule has 128 valence electrons. The molecule has 0 saturated heterocycles. The first-order valence-electron chi connectivity index (χ1n) is 7.93. The van der Waals surface area contributed by atoms with E-state index in [1.807, 2.05) is 0 Å². The van der Waals surface area contributed by atoms with Crippen LogP contribution in [0.2, 0.25) is 0 Å². The molecule has 0 saturated carbocycles. The van der Waals surface area contributed by atoms with Crippen LogP contribution in [0.25, 0.3) is 4.85 Å². The molecule has 2 unspecified atom stereocenters. The van der Waals surface area contributed by atoms with Crippen LogP contribution >= 0.6 is 0 Å². The quantitative estimate of drug-likeness (QED) is 0.821. The maximum atomic E-state index is 14.7. The predicted molar refractivity (Wildman–Crippen MR) is 86.6 cm³/mol. The molecule has 1 heterocycles. The maximum absolute atomic E-state index is 14.7. The van der Waals surface area contributed by atoms with Crippen LogP contribution in [-0.4, -0.2) is 17.4 Å². The van der Waals surface area contributed by atoms with E-state index in [2.05, 4.69) is 4.85 Å². The second kappa shape index (κ2) is 5.43. The zero-order chi connectivity index (χ0) is 17.8. The average molecular weight is 343 g/mol. The number of rotatable bonds is 2. The van der Waals surface area contributed by atoms with Crippen molar-refractivity contribution in [3.8, 4) is 17.2 Å². The molecular formula is C19H15F2NO3. The first kappa shape index (κ1) is 15.9. The number of nitrogens with zero attached hydrogens (tertiary/aromatic N) is 1. The fourth-order valence-electron chi connectivity index (χ4n) is 3.54. The van der Waals surface area contributed by atoms with E-state index in [9.17, 15) is 13.9 Å². The van der Waals surface area contributed by atoms with Crippen molar-refractivity contribution in [1.29, 1.82) is 0 Å². The average Bonchev–Trinajstić information content (AvgIpc) is 3.10. The lowest BCUT2D eigenvalue weighted by molar-refractivity contribution is 0.0176. The molecule has 4 nitrogen and oxygen atoms in total. The first-order valence-corrected chi connectivity index (χ1v) is 7.93. The van der Waals surface area contributed by atoms with E-state index in [0.29, 0.717) is 35.7 Å². The van der Waals surface area contributed by atoms with E-state index >= 15 is 0 Å². The summed E-state index contributed by atoms with van der Waals surface area (Å²) in [5, 5.41) is 10.4. The SMILES string of the molecule is [C-]#[N+]c1cc(F)cc(Oc2cc3c(c4c2CC(C)(F)C4O)CCO3)c1. The Labute approximate surface area is 143 Å². The minimum Gasteiger partial charge on any atom is -0.493 e. The molecule has 1 aliphatic heterocycles. The second-order valence-corrected chi connectivity index (χ2v) is 6.56. The van der Waals surface area contributed by atoms with Crippen molar-refractivity contribution in [2.45, 2.75) is 31.5 Å². The first-order chi connectivity index (χ1) is 11.9. The van der Waals surface area contributed by atoms with Crippen molar-refractivity contribution in [2.75, 3.05) is 6.61 Å². The van der Waals surface area contributed by atoms with Crippen LogP contribution in [-0.2, 0) is 12.8 Å². The Bertz CT molecular complexity index is 918. The molecule has 6 heteroatoms. The number of halogens is 2. The third-order valence-electron chi connectivity index (χ3n) is 4.70. The maximum Gasteiger partial charge on any atom is 0.193 e. The van der Waals surface area contributed by atoms with Gasteiger partial charge in [0.1, 0.15) is 34.8 Å². The van der Waals surface area contributed by atoms with Gasteiger partial charge in [-0.05, 0) is 24.6 Å². The van der Waals surface area contributed by atoms with Gasteiger partial charge in [0.15, 0.2) is 5.69 Å². The van der Waals surface area contributed by atoms with Crippen molar-refractivity contribution in [2.24, 2.45) is 0 Å². The molecule has 2 aromatic carbocycles. The zero-order valence-electron chi connectivity index (χ0n) is 13.5. The van der Waals surface area contributed by atoms with Crippen molar-refractivity contribution < 1.29 is 23.4 Å². The molecule has 25 heavy (non-hydrogen) atoms. The highest BCUT2D eigenvalue weighted by Gasteiger charge is 2.46. The highest BCUT2D eigenvalue weighted by atomic mass is 19.1. The van der Waals surface area contributed by atoms with Gasteiger partial charge in [0, 0.05) is 36.1 Å². The summed E-state index contributed by atoms with van der Waals surface area (Å²) in [5.74, 6) is 0.422. The molecule has 4 rings (SSSR count). The summed E-state index contributed by atoms with van der Waals surface area (Å²) in [6, 6.07) is 5.34. The zero-order valence-corrected chi connectivity index (χ0v) is 13.5. The van der Waals surface area contributed by atoms with Crippen molar-refractivity contribution >= 4 is 5.69 Å². The van der Waals surface area contributed by atoms with Crippen LogP contribution in [0.4, 0.5) is 14.5 Å². The van der Waals surface area contributed by atoms with Crippen molar-refractivity contribution in [3.63, 3.8) is 0 Å². The minimum atomic E-state index is -1.80. The standard InChI is InChI=1S/C19H15F2NO3/c1-19(21)9-14-16(25-12-6-10(20)5-11(7-12)22-2)8-15-13(3-4-24-15)17(14)18(19)23/h5-8,18,23H,3-4,9H2,1H3. The topological polar surface area (TPSA) is 43.0 Å². The van der Waals surface area contributed by atoms with Gasteiger partial charge in [0.05, 0.1) is 13.2 Å². The highest BCUT2D eigenvalue weighted by Crippen LogP contribution is 2.51. The number of hydrogen-bond donors (Lipinski definition) is 1. The fourth-order valence-corrected chi connectivity index (χ4v) is 3.54. The summed E-state index contributed by atoms with van der Waals surface area (Å²) in [4.78, 5) is 3.20. The number of aliphatic hydroxyl groups is 1. The Morgan fingerprint density at radius 3 is 2.88 bits per heavy atom. The molecule has 0 bridgehead atoms. The van der Waals surface area contributed by atoms with Gasteiger partial charge in [-0.15, -0.1) is 0 Å². The molecule has 1 aliphatic carbocycles. The molecule has 2 aliphatic rings. The lowest BCUT2D eigenvalue weighted by Gasteiger charge is -2.18. The molecule has 0 fully saturated rings. The van der Waals surface area contributed by atoms with Gasteiger partial charge in [-0.3, -0.25) is 0 Å². The van der Waals surface area contributed by atoms with E-state index in [0.717, 1.165) is 17.7 Å². The largest absolute Gasteiger partial charge is 0.493 e. The van der Waals surface area contributed by atoms with Crippen LogP contribution in [0, 0.1) is 12.4 Å². The van der Waals surface area contributed by atoms with Crippen LogP contribution in [0.1, 0.15) is 29.7 Å². The van der Waals surface area contributed by atoms with Gasteiger partial charge < -0.3 is 14.6 Å². The Morgan fingerprint density at radius 1 is 1.32 bits per heavy atom. The minimum absolute atomic E-state index is 0.00287. The van der Waals surface area contributed by atoms with E-state index in [1.54, 1.807) is 6.07 Å². The number of ether oxygens (including phenoxy) is 2. The molecule has 2 aromatic rings. The van der Waals surface area contributed by atoms with E-state index in [4.69, 9.17) is 16.0 Å². The molecule has 2 atom stereocenters. The molecule has 0 spiro atoms. The van der Waals surface area contributed by atoms with E-state index < -0.39 is 17.6 Å². The molecule has 0 aromatic heterocycles. The van der Waals surface area contributed by atoms with Crippen molar-refractivity contribution in [3.05, 3.63) is 58.2 Å². The Kier molecular flexibility index (Phi) is 3.44. The Morgan fingerprint density at radius 2 is 2.12 bits per heavy atom. The highest BCUT2D eigenvalue weighted by molar-refractivity contribution is 5.60. The third-order valence-corrected chi connectivity index (χ3v) is 4.70. The van der Waals surface area contributed by atoms with Crippen LogP contribution < -0.4 is 9.47 Å². The van der Waals surface area contributed by atoms with Gasteiger partial charge in [-0.25, -0.2) is 13.6 Å². The smallest absolute Gasteiger partial charge is 0.193 e. The summed E-state index contributed by atoms with van der Waals surface area (Å²) >= 11 is 0.